The van der Waals surface area contributed by atoms with E-state index in [-0.39, 0.29) is 6.42 Å². The number of nitrogens with one attached hydrogen (secondary N) is 2. The number of ether oxygens (including phenoxy) is 2. The molecular formula is C29H29F6N5O6. The van der Waals surface area contributed by atoms with Crippen LogP contribution in [0.15, 0.2) is 53.0 Å². The summed E-state index contributed by atoms with van der Waals surface area (Å²) in [5, 5.41) is 21.3. The highest BCUT2D eigenvalue weighted by molar-refractivity contribution is 5.90. The number of carboxylic acids is 1. The van der Waals surface area contributed by atoms with E-state index in [1.807, 2.05) is 0 Å². The van der Waals surface area contributed by atoms with Gasteiger partial charge in [-0.15, -0.1) is 10.2 Å². The molecule has 0 radical (unpaired) electrons. The Morgan fingerprint density at radius 3 is 2.39 bits per heavy atom. The number of hydrogen-bond donors (Lipinski definition) is 3. The predicted molar refractivity (Wildman–Crippen MR) is 149 cm³/mol. The first-order valence-corrected chi connectivity index (χ1v) is 13.8. The average Bonchev–Trinajstić information content (AvgIpc) is 3.42. The number of fused-ring (bicyclic) bond motifs is 5. The van der Waals surface area contributed by atoms with Gasteiger partial charge in [-0.2, -0.15) is 26.3 Å². The van der Waals surface area contributed by atoms with Crippen molar-refractivity contribution in [2.45, 2.75) is 76.2 Å². The zero-order chi connectivity index (χ0) is 33.9. The number of carboxylic acid groups (broad SMARTS) is 1. The predicted octanol–water partition coefficient (Wildman–Crippen LogP) is 7.08. The van der Waals surface area contributed by atoms with Crippen molar-refractivity contribution in [3.8, 4) is 11.6 Å². The Bertz CT molecular complexity index is 1590. The number of amides is 1. The second-order valence-electron chi connectivity index (χ2n) is 11.2. The Morgan fingerprint density at radius 1 is 1.09 bits per heavy atom. The van der Waals surface area contributed by atoms with Crippen LogP contribution in [0.25, 0.3) is 11.6 Å². The topological polar surface area (TPSA) is 149 Å². The maximum atomic E-state index is 14.9. The van der Waals surface area contributed by atoms with Gasteiger partial charge in [0.05, 0.1) is 17.9 Å². The molecule has 0 aliphatic carbocycles. The Hall–Kier alpha value is -4.67. The zero-order valence-corrected chi connectivity index (χ0v) is 24.6. The highest BCUT2D eigenvalue weighted by Gasteiger charge is 2.61. The Balaban J connectivity index is 1.94. The maximum Gasteiger partial charge on any atom is 0.426 e. The lowest BCUT2D eigenvalue weighted by molar-refractivity contribution is -0.299. The molecule has 1 aromatic carbocycles. The van der Waals surface area contributed by atoms with Crippen molar-refractivity contribution in [3.63, 3.8) is 0 Å². The highest BCUT2D eigenvalue weighted by Crippen LogP contribution is 2.47. The second-order valence-corrected chi connectivity index (χ2v) is 11.2. The molecule has 3 aromatic rings. The van der Waals surface area contributed by atoms with Gasteiger partial charge in [-0.3, -0.25) is 5.32 Å². The maximum absolute atomic E-state index is 14.9. The van der Waals surface area contributed by atoms with Gasteiger partial charge in [0.15, 0.2) is 5.69 Å². The first-order chi connectivity index (χ1) is 21.4. The molecular weight excluding hydrogens is 628 g/mol. The number of pyridine rings is 1. The lowest BCUT2D eigenvalue weighted by Gasteiger charge is -2.32. The number of hydrogen-bond acceptors (Lipinski definition) is 9. The number of rotatable bonds is 5. The SMILES string of the molecule is CC(C)(C)OC(=O)Nc1cc(C(F)(F)F)c2nc1-c1nnc(o1)C(OCc1ccccc1)(C(F)(F)F)CCC=CCC(C(=O)O)N2. The Kier molecular flexibility index (Phi) is 9.65. The van der Waals surface area contributed by atoms with E-state index < -0.39 is 95.7 Å². The van der Waals surface area contributed by atoms with E-state index in [2.05, 4.69) is 25.8 Å². The molecule has 46 heavy (non-hydrogen) atoms. The van der Waals surface area contributed by atoms with Gasteiger partial charge >= 0.3 is 24.4 Å². The minimum Gasteiger partial charge on any atom is -0.480 e. The van der Waals surface area contributed by atoms with Crippen molar-refractivity contribution in [1.29, 1.82) is 0 Å². The van der Waals surface area contributed by atoms with E-state index in [0.29, 0.717) is 11.6 Å². The lowest BCUT2D eigenvalue weighted by Crippen LogP contribution is -2.45. The third kappa shape index (κ3) is 7.94. The Morgan fingerprint density at radius 2 is 1.78 bits per heavy atom. The summed E-state index contributed by atoms with van der Waals surface area (Å²) in [6.45, 7) is 3.92. The van der Waals surface area contributed by atoms with Crippen molar-refractivity contribution < 1.29 is 54.9 Å². The number of alkyl halides is 6. The molecule has 2 unspecified atom stereocenters. The van der Waals surface area contributed by atoms with E-state index in [1.54, 1.807) is 18.2 Å². The molecule has 11 nitrogen and oxygen atoms in total. The number of aromatic nitrogens is 3. The molecule has 4 bridgehead atoms. The van der Waals surface area contributed by atoms with Crippen molar-refractivity contribution in [1.82, 2.24) is 15.2 Å². The van der Waals surface area contributed by atoms with E-state index in [0.717, 1.165) is 0 Å². The van der Waals surface area contributed by atoms with Gasteiger partial charge in [-0.25, -0.2) is 14.6 Å². The van der Waals surface area contributed by atoms with Gasteiger partial charge in [0.1, 0.15) is 17.5 Å². The third-order valence-electron chi connectivity index (χ3n) is 6.53. The summed E-state index contributed by atoms with van der Waals surface area (Å²) in [6, 6.07) is 6.64. The fraction of sp³-hybridized carbons (Fsp3) is 0.414. The molecule has 17 heteroatoms. The molecule has 0 saturated carbocycles. The van der Waals surface area contributed by atoms with Crippen LogP contribution < -0.4 is 10.6 Å². The number of aliphatic carboxylic acids is 1. The quantitative estimate of drug-likeness (QED) is 0.192. The van der Waals surface area contributed by atoms with E-state index in [9.17, 15) is 41.0 Å². The first kappa shape index (κ1) is 34.2. The number of nitrogens with zero attached hydrogens (tertiary/aromatic N) is 3. The van der Waals surface area contributed by atoms with Crippen molar-refractivity contribution >= 4 is 23.6 Å². The van der Waals surface area contributed by atoms with Crippen molar-refractivity contribution in [2.75, 3.05) is 10.6 Å². The van der Waals surface area contributed by atoms with Crippen molar-refractivity contribution in [2.24, 2.45) is 0 Å². The number of allylic oxidation sites excluding steroid dienone is 1. The summed E-state index contributed by atoms with van der Waals surface area (Å²) in [6.07, 6.45) is -10.6. The van der Waals surface area contributed by atoms with Gasteiger partial charge < -0.3 is 24.3 Å². The molecule has 0 saturated heterocycles. The number of halogens is 6. The minimum atomic E-state index is -5.15. The van der Waals surface area contributed by atoms with Crippen LogP contribution in [0.1, 0.15) is 57.1 Å². The molecule has 0 spiro atoms. The van der Waals surface area contributed by atoms with Gasteiger partial charge in [-0.1, -0.05) is 42.5 Å². The van der Waals surface area contributed by atoms with Crippen LogP contribution in [0.2, 0.25) is 0 Å². The summed E-state index contributed by atoms with van der Waals surface area (Å²) in [5.41, 5.74) is -6.84. The van der Waals surface area contributed by atoms with Gasteiger partial charge in [-0.05, 0) is 51.7 Å². The van der Waals surface area contributed by atoms with Crippen molar-refractivity contribution in [3.05, 3.63) is 65.6 Å². The first-order valence-electron chi connectivity index (χ1n) is 13.8. The summed E-state index contributed by atoms with van der Waals surface area (Å²) < 4.78 is 104. The van der Waals surface area contributed by atoms with Crippen LogP contribution in [0.4, 0.5) is 42.6 Å². The van der Waals surface area contributed by atoms with Crippen LogP contribution >= 0.6 is 0 Å². The molecule has 4 rings (SSSR count). The van der Waals surface area contributed by atoms with Crippen LogP contribution in [0, 0.1) is 0 Å². The fourth-order valence-electron chi connectivity index (χ4n) is 4.38. The molecule has 2 aromatic heterocycles. The largest absolute Gasteiger partial charge is 0.480 e. The number of benzene rings is 1. The smallest absolute Gasteiger partial charge is 0.426 e. The molecule has 0 fully saturated rings. The lowest BCUT2D eigenvalue weighted by atomic mass is 9.95. The molecule has 1 aliphatic heterocycles. The van der Waals surface area contributed by atoms with Crippen LogP contribution in [0.5, 0.6) is 0 Å². The fourth-order valence-corrected chi connectivity index (χ4v) is 4.38. The summed E-state index contributed by atoms with van der Waals surface area (Å²) in [5.74, 6) is -4.48. The van der Waals surface area contributed by atoms with E-state index in [1.165, 1.54) is 45.1 Å². The number of carbonyl (C=O) groups excluding carboxylic acids is 1. The molecule has 3 N–H and O–H groups in total. The Labute approximate surface area is 258 Å². The molecule has 1 aliphatic rings. The van der Waals surface area contributed by atoms with Gasteiger partial charge in [0.25, 0.3) is 11.8 Å². The van der Waals surface area contributed by atoms with Crippen LogP contribution in [-0.2, 0) is 32.7 Å². The molecule has 3 heterocycles. The zero-order valence-electron chi connectivity index (χ0n) is 24.6. The van der Waals surface area contributed by atoms with Crippen LogP contribution in [-0.4, -0.2) is 50.2 Å². The molecule has 1 amide bonds. The van der Waals surface area contributed by atoms with Crippen LogP contribution in [0.3, 0.4) is 0 Å². The average molecular weight is 658 g/mol. The minimum absolute atomic E-state index is 0.332. The molecule has 248 valence electrons. The highest BCUT2D eigenvalue weighted by atomic mass is 19.4. The normalized spacial score (nSPS) is 19.1. The number of carbonyl (C=O) groups is 2. The van der Waals surface area contributed by atoms with E-state index >= 15 is 0 Å². The summed E-state index contributed by atoms with van der Waals surface area (Å²) in [7, 11) is 0. The molecule has 2 atom stereocenters. The van der Waals surface area contributed by atoms with Gasteiger partial charge in [0, 0.05) is 0 Å². The number of anilines is 2. The second kappa shape index (κ2) is 13.0. The van der Waals surface area contributed by atoms with Gasteiger partial charge in [0.2, 0.25) is 5.60 Å². The summed E-state index contributed by atoms with van der Waals surface area (Å²) in [4.78, 5) is 28.4. The van der Waals surface area contributed by atoms with E-state index in [4.69, 9.17) is 13.9 Å². The third-order valence-corrected chi connectivity index (χ3v) is 6.53. The monoisotopic (exact) mass is 657 g/mol. The standard InChI is InChI=1S/C29H29F6N5O6/c1-26(2,3)46-25(43)37-19-14-17(28(30,31)32)21-36-18(23(41)42)12-8-5-9-13-27(29(33,34)35,44-15-16-10-6-4-7-11-16)24-40-39-22(45-24)20(19)38-21/h4-8,10-11,14,18H,9,12-13,15H2,1-3H3,(H,36,38)(H,37,43)(H,41,42). The summed E-state index contributed by atoms with van der Waals surface area (Å²) >= 11 is 0.